The average molecular weight is 286 g/mol. The summed E-state index contributed by atoms with van der Waals surface area (Å²) < 4.78 is 10.3. The molecule has 1 aromatic rings. The van der Waals surface area contributed by atoms with Crippen molar-refractivity contribution in [1.29, 1.82) is 0 Å². The molecule has 1 rings (SSSR count). The van der Waals surface area contributed by atoms with Gasteiger partial charge in [-0.25, -0.2) is 9.97 Å². The molecule has 0 aliphatic heterocycles. The van der Waals surface area contributed by atoms with Gasteiger partial charge in [-0.15, -0.1) is 0 Å². The molecule has 0 aliphatic rings. The lowest BCUT2D eigenvalue weighted by atomic mass is 10.5. The third kappa shape index (κ3) is 6.60. The van der Waals surface area contributed by atoms with Crippen molar-refractivity contribution in [3.63, 3.8) is 0 Å². The highest BCUT2D eigenvalue weighted by Gasteiger charge is 2.02. The van der Waals surface area contributed by atoms with Crippen LogP contribution in [-0.2, 0) is 9.47 Å². The molecule has 19 heavy (non-hydrogen) atoms. The number of aromatic nitrogens is 2. The fraction of sp³-hybridized carbons (Fsp3) is 0.667. The Kier molecular flexibility index (Phi) is 8.28. The molecule has 1 heterocycles. The quantitative estimate of drug-likeness (QED) is 0.385. The van der Waals surface area contributed by atoms with Crippen molar-refractivity contribution in [2.24, 2.45) is 0 Å². The molecule has 1 aromatic heterocycles. The number of hydrogen-bond acceptors (Lipinski definition) is 7. The highest BCUT2D eigenvalue weighted by atomic mass is 32.2. The van der Waals surface area contributed by atoms with Crippen molar-refractivity contribution in [1.82, 2.24) is 9.97 Å². The monoisotopic (exact) mass is 286 g/mol. The molecule has 0 saturated carbocycles. The lowest BCUT2D eigenvalue weighted by molar-refractivity contribution is 0.0759. The van der Waals surface area contributed by atoms with Gasteiger partial charge in [0.25, 0.3) is 0 Å². The zero-order valence-electron chi connectivity index (χ0n) is 11.7. The van der Waals surface area contributed by atoms with Crippen LogP contribution in [0.1, 0.15) is 6.92 Å². The van der Waals surface area contributed by atoms with E-state index in [1.54, 1.807) is 7.11 Å². The Bertz CT molecular complexity index is 366. The highest BCUT2D eigenvalue weighted by molar-refractivity contribution is 7.98. The molecule has 0 fully saturated rings. The second-order valence-corrected chi connectivity index (χ2v) is 4.46. The molecule has 0 aromatic carbocycles. The van der Waals surface area contributed by atoms with Crippen LogP contribution in [-0.4, -0.2) is 56.2 Å². The molecule has 0 bridgehead atoms. The molecule has 2 N–H and O–H groups in total. The lowest BCUT2D eigenvalue weighted by Crippen LogP contribution is -2.13. The van der Waals surface area contributed by atoms with E-state index >= 15 is 0 Å². The molecular weight excluding hydrogens is 264 g/mol. The van der Waals surface area contributed by atoms with Crippen LogP contribution in [0.15, 0.2) is 11.2 Å². The molecule has 7 heteroatoms. The van der Waals surface area contributed by atoms with Crippen LogP contribution >= 0.6 is 11.8 Å². The maximum Gasteiger partial charge on any atom is 0.191 e. The van der Waals surface area contributed by atoms with E-state index in [1.165, 1.54) is 11.8 Å². The second-order valence-electron chi connectivity index (χ2n) is 3.69. The van der Waals surface area contributed by atoms with Crippen molar-refractivity contribution >= 4 is 23.4 Å². The van der Waals surface area contributed by atoms with Crippen LogP contribution in [0.4, 0.5) is 11.6 Å². The molecule has 0 radical (unpaired) electrons. The summed E-state index contributed by atoms with van der Waals surface area (Å²) in [5.41, 5.74) is 0. The Morgan fingerprint density at radius 2 is 1.89 bits per heavy atom. The zero-order valence-corrected chi connectivity index (χ0v) is 12.5. The minimum atomic E-state index is 0.612. The van der Waals surface area contributed by atoms with Crippen molar-refractivity contribution in [3.8, 4) is 0 Å². The molecule has 0 atom stereocenters. The van der Waals surface area contributed by atoms with Gasteiger partial charge in [0.05, 0.1) is 19.8 Å². The fourth-order valence-corrected chi connectivity index (χ4v) is 1.75. The number of hydrogen-bond donors (Lipinski definition) is 2. The molecule has 6 nitrogen and oxygen atoms in total. The normalized spacial score (nSPS) is 10.5. The molecule has 108 valence electrons. The van der Waals surface area contributed by atoms with Gasteiger partial charge in [0.15, 0.2) is 5.16 Å². The number of nitrogens with one attached hydrogen (secondary N) is 2. The minimum Gasteiger partial charge on any atom is -0.382 e. The Balaban J connectivity index is 2.41. The summed E-state index contributed by atoms with van der Waals surface area (Å²) in [5.74, 6) is 1.65. The molecular formula is C12H22N4O2S. The number of rotatable bonds is 10. The first kappa shape index (κ1) is 16.0. The van der Waals surface area contributed by atoms with Gasteiger partial charge < -0.3 is 20.1 Å². The first-order valence-electron chi connectivity index (χ1n) is 6.27. The Hall–Kier alpha value is -1.05. The van der Waals surface area contributed by atoms with E-state index in [2.05, 4.69) is 20.6 Å². The van der Waals surface area contributed by atoms with E-state index in [4.69, 9.17) is 9.47 Å². The summed E-state index contributed by atoms with van der Waals surface area (Å²) in [6.45, 7) is 5.44. The number of ether oxygens (including phenoxy) is 2. The van der Waals surface area contributed by atoms with Gasteiger partial charge in [-0.3, -0.25) is 0 Å². The predicted octanol–water partition coefficient (Wildman–Crippen LogP) is 1.71. The van der Waals surface area contributed by atoms with Gasteiger partial charge in [0, 0.05) is 26.3 Å². The van der Waals surface area contributed by atoms with E-state index in [0.717, 1.165) is 23.3 Å². The number of anilines is 2. The van der Waals surface area contributed by atoms with E-state index in [0.29, 0.717) is 26.4 Å². The van der Waals surface area contributed by atoms with E-state index < -0.39 is 0 Å². The molecule has 0 unspecified atom stereocenters. The maximum absolute atomic E-state index is 5.38. The molecule has 0 saturated heterocycles. The summed E-state index contributed by atoms with van der Waals surface area (Å²) in [5, 5.41) is 7.16. The van der Waals surface area contributed by atoms with Gasteiger partial charge in [-0.05, 0) is 13.2 Å². The maximum atomic E-state index is 5.38. The van der Waals surface area contributed by atoms with E-state index in [9.17, 15) is 0 Å². The zero-order chi connectivity index (χ0) is 13.9. The third-order valence-corrected chi connectivity index (χ3v) is 2.78. The number of methoxy groups -OCH3 is 1. The summed E-state index contributed by atoms with van der Waals surface area (Å²) in [6.07, 6.45) is 1.96. The summed E-state index contributed by atoms with van der Waals surface area (Å²) in [4.78, 5) is 8.75. The van der Waals surface area contributed by atoms with Gasteiger partial charge in [0.1, 0.15) is 11.6 Å². The predicted molar refractivity (Wildman–Crippen MR) is 79.2 cm³/mol. The summed E-state index contributed by atoms with van der Waals surface area (Å²) >= 11 is 1.52. The molecule has 0 spiro atoms. The lowest BCUT2D eigenvalue weighted by Gasteiger charge is -2.10. The van der Waals surface area contributed by atoms with Crippen molar-refractivity contribution in [2.45, 2.75) is 12.1 Å². The first-order valence-corrected chi connectivity index (χ1v) is 7.50. The summed E-state index contributed by atoms with van der Waals surface area (Å²) in [7, 11) is 1.66. The van der Waals surface area contributed by atoms with Gasteiger partial charge in [-0.2, -0.15) is 0 Å². The number of nitrogens with zero attached hydrogens (tertiary/aromatic N) is 2. The van der Waals surface area contributed by atoms with Gasteiger partial charge in [0.2, 0.25) is 0 Å². The van der Waals surface area contributed by atoms with Crippen molar-refractivity contribution < 1.29 is 9.47 Å². The summed E-state index contributed by atoms with van der Waals surface area (Å²) in [6, 6.07) is 1.90. The van der Waals surface area contributed by atoms with E-state index in [-0.39, 0.29) is 0 Å². The van der Waals surface area contributed by atoms with Gasteiger partial charge in [-0.1, -0.05) is 11.8 Å². The molecule has 0 amide bonds. The fourth-order valence-electron chi connectivity index (χ4n) is 1.37. The van der Waals surface area contributed by atoms with Crippen LogP contribution in [0.5, 0.6) is 0 Å². The topological polar surface area (TPSA) is 68.3 Å². The van der Waals surface area contributed by atoms with Crippen LogP contribution in [0, 0.1) is 0 Å². The second kappa shape index (κ2) is 9.82. The van der Waals surface area contributed by atoms with Crippen LogP contribution in [0.25, 0.3) is 0 Å². The van der Waals surface area contributed by atoms with Crippen molar-refractivity contribution in [2.75, 3.05) is 56.9 Å². The minimum absolute atomic E-state index is 0.612. The van der Waals surface area contributed by atoms with Crippen LogP contribution in [0.3, 0.4) is 0 Å². The van der Waals surface area contributed by atoms with E-state index in [1.807, 2.05) is 19.2 Å². The third-order valence-electron chi connectivity index (χ3n) is 2.23. The smallest absolute Gasteiger partial charge is 0.191 e. The highest BCUT2D eigenvalue weighted by Crippen LogP contribution is 2.16. The molecule has 0 aliphatic carbocycles. The number of thioether (sulfide) groups is 1. The van der Waals surface area contributed by atoms with Crippen LogP contribution < -0.4 is 10.6 Å². The van der Waals surface area contributed by atoms with Crippen molar-refractivity contribution in [3.05, 3.63) is 6.07 Å². The van der Waals surface area contributed by atoms with Gasteiger partial charge >= 0.3 is 0 Å². The van der Waals surface area contributed by atoms with Crippen LogP contribution in [0.2, 0.25) is 0 Å². The SMILES string of the molecule is CCNc1cc(NCCOCCOC)nc(SC)n1. The Morgan fingerprint density at radius 1 is 1.16 bits per heavy atom. The standard InChI is InChI=1S/C12H22N4O2S/c1-4-13-10-9-11(16-12(15-10)19-3)14-5-6-18-8-7-17-2/h9H,4-8H2,1-3H3,(H2,13,14,15,16). The Labute approximate surface area is 118 Å². The Morgan fingerprint density at radius 3 is 2.53 bits per heavy atom. The first-order chi connectivity index (χ1) is 9.30. The largest absolute Gasteiger partial charge is 0.382 e. The average Bonchev–Trinajstić information content (AvgIpc) is 2.43.